The molecule has 0 bridgehead atoms. The number of benzene rings is 1. The Labute approximate surface area is 140 Å². The third kappa shape index (κ3) is 3.99. The molecule has 2 rings (SSSR count). The van der Waals surface area contributed by atoms with E-state index in [-0.39, 0.29) is 15.9 Å². The molecule has 0 aliphatic rings. The molecule has 23 heavy (non-hydrogen) atoms. The second kappa shape index (κ2) is 6.55. The van der Waals surface area contributed by atoms with Crippen LogP contribution >= 0.6 is 11.6 Å². The Morgan fingerprint density at radius 1 is 0.957 bits per heavy atom. The first kappa shape index (κ1) is 17.2. The van der Waals surface area contributed by atoms with Crippen molar-refractivity contribution in [2.45, 2.75) is 4.90 Å². The normalized spacial score (nSPS) is 11.2. The van der Waals surface area contributed by atoms with Gasteiger partial charge in [0.2, 0.25) is 17.8 Å². The molecular formula is C13H17ClN6O2S. The van der Waals surface area contributed by atoms with Gasteiger partial charge in [0.15, 0.2) is 0 Å². The first-order valence-electron chi connectivity index (χ1n) is 6.59. The fraction of sp³-hybridized carbons (Fsp3) is 0.308. The van der Waals surface area contributed by atoms with Crippen molar-refractivity contribution >= 4 is 39.5 Å². The maximum absolute atomic E-state index is 12.5. The van der Waals surface area contributed by atoms with E-state index in [0.717, 1.165) is 0 Å². The monoisotopic (exact) mass is 356 g/mol. The highest BCUT2D eigenvalue weighted by molar-refractivity contribution is 7.92. The van der Waals surface area contributed by atoms with Gasteiger partial charge in [-0.05, 0) is 12.1 Å². The first-order valence-corrected chi connectivity index (χ1v) is 8.45. The summed E-state index contributed by atoms with van der Waals surface area (Å²) < 4.78 is 27.3. The minimum Gasteiger partial charge on any atom is -0.347 e. The molecule has 0 spiro atoms. The molecule has 1 aromatic heterocycles. The lowest BCUT2D eigenvalue weighted by Gasteiger charge is -2.16. The zero-order valence-electron chi connectivity index (χ0n) is 13.1. The van der Waals surface area contributed by atoms with Gasteiger partial charge in [0.05, 0.1) is 5.02 Å². The second-order valence-corrected chi connectivity index (χ2v) is 7.14. The lowest BCUT2D eigenvalue weighted by atomic mass is 10.4. The number of halogens is 1. The van der Waals surface area contributed by atoms with E-state index in [4.69, 9.17) is 11.6 Å². The van der Waals surface area contributed by atoms with Gasteiger partial charge in [0.25, 0.3) is 10.0 Å². The number of nitrogens with zero attached hydrogens (tertiary/aromatic N) is 5. The minimum atomic E-state index is -3.90. The van der Waals surface area contributed by atoms with Crippen LogP contribution in [0.25, 0.3) is 0 Å². The number of hydrogen-bond donors (Lipinski definition) is 1. The van der Waals surface area contributed by atoms with E-state index in [0.29, 0.717) is 11.9 Å². The van der Waals surface area contributed by atoms with Crippen molar-refractivity contribution in [2.75, 3.05) is 42.7 Å². The topological polar surface area (TPSA) is 91.3 Å². The predicted octanol–water partition coefficient (Wildman–Crippen LogP) is 1.46. The van der Waals surface area contributed by atoms with Crippen LogP contribution < -0.4 is 14.5 Å². The molecule has 1 heterocycles. The van der Waals surface area contributed by atoms with Crippen LogP contribution in [-0.4, -0.2) is 51.6 Å². The number of hydrogen-bond acceptors (Lipinski definition) is 7. The number of aromatic nitrogens is 3. The van der Waals surface area contributed by atoms with E-state index in [1.807, 2.05) is 0 Å². The molecule has 0 amide bonds. The van der Waals surface area contributed by atoms with E-state index in [9.17, 15) is 8.42 Å². The molecule has 1 aromatic carbocycles. The van der Waals surface area contributed by atoms with Crippen LogP contribution in [0.2, 0.25) is 5.02 Å². The van der Waals surface area contributed by atoms with Gasteiger partial charge in [-0.15, -0.1) is 0 Å². The van der Waals surface area contributed by atoms with E-state index < -0.39 is 10.0 Å². The van der Waals surface area contributed by atoms with E-state index in [2.05, 4.69) is 19.7 Å². The lowest BCUT2D eigenvalue weighted by molar-refractivity contribution is 0.601. The Kier molecular flexibility index (Phi) is 4.90. The number of sulfonamides is 1. The van der Waals surface area contributed by atoms with Crippen molar-refractivity contribution in [1.82, 2.24) is 15.0 Å². The number of rotatable bonds is 5. The van der Waals surface area contributed by atoms with Crippen molar-refractivity contribution in [3.8, 4) is 0 Å². The summed E-state index contributed by atoms with van der Waals surface area (Å²) in [6.07, 6.45) is 0. The molecule has 2 aromatic rings. The minimum absolute atomic E-state index is 0.0418. The molecular weight excluding hydrogens is 340 g/mol. The smallest absolute Gasteiger partial charge is 0.265 e. The van der Waals surface area contributed by atoms with Crippen molar-refractivity contribution in [1.29, 1.82) is 0 Å². The van der Waals surface area contributed by atoms with Gasteiger partial charge < -0.3 is 9.80 Å². The summed E-state index contributed by atoms with van der Waals surface area (Å²) in [5, 5.41) is 0.120. The molecule has 0 unspecified atom stereocenters. The summed E-state index contributed by atoms with van der Waals surface area (Å²) in [5.41, 5.74) is 0. The molecule has 0 saturated heterocycles. The zero-order valence-corrected chi connectivity index (χ0v) is 14.7. The fourth-order valence-corrected chi connectivity index (χ4v) is 3.10. The van der Waals surface area contributed by atoms with Crippen LogP contribution in [0.5, 0.6) is 0 Å². The third-order valence-corrected chi connectivity index (χ3v) is 4.59. The van der Waals surface area contributed by atoms with E-state index >= 15 is 0 Å². The summed E-state index contributed by atoms with van der Waals surface area (Å²) in [6, 6.07) is 6.15. The number of nitrogens with one attached hydrogen (secondary N) is 1. The molecule has 10 heteroatoms. The molecule has 1 N–H and O–H groups in total. The molecule has 8 nitrogen and oxygen atoms in total. The summed E-state index contributed by atoms with van der Waals surface area (Å²) >= 11 is 5.95. The molecule has 0 aliphatic carbocycles. The maximum Gasteiger partial charge on any atom is 0.265 e. The zero-order chi connectivity index (χ0) is 17.2. The first-order chi connectivity index (χ1) is 10.7. The molecule has 0 aliphatic heterocycles. The van der Waals surface area contributed by atoms with Crippen molar-refractivity contribution in [3.63, 3.8) is 0 Å². The van der Waals surface area contributed by atoms with Gasteiger partial charge in [-0.3, -0.25) is 0 Å². The summed E-state index contributed by atoms with van der Waals surface area (Å²) in [4.78, 5) is 15.7. The Hall–Kier alpha value is -2.13. The molecule has 0 atom stereocenters. The molecule has 0 fully saturated rings. The van der Waals surface area contributed by atoms with Crippen LogP contribution in [0.3, 0.4) is 0 Å². The van der Waals surface area contributed by atoms with Crippen LogP contribution in [0.15, 0.2) is 29.2 Å². The average molecular weight is 357 g/mol. The predicted molar refractivity (Wildman–Crippen MR) is 90.7 cm³/mol. The van der Waals surface area contributed by atoms with Crippen molar-refractivity contribution in [3.05, 3.63) is 29.3 Å². The van der Waals surface area contributed by atoms with Crippen molar-refractivity contribution < 1.29 is 8.42 Å². The van der Waals surface area contributed by atoms with Gasteiger partial charge in [-0.2, -0.15) is 15.0 Å². The van der Waals surface area contributed by atoms with Gasteiger partial charge >= 0.3 is 0 Å². The second-order valence-electron chi connectivity index (χ2n) is 5.08. The molecule has 0 saturated carbocycles. The van der Waals surface area contributed by atoms with Crippen LogP contribution in [0, 0.1) is 0 Å². The Bertz CT molecular complexity index is 784. The van der Waals surface area contributed by atoms with Gasteiger partial charge in [-0.25, -0.2) is 13.1 Å². The Morgan fingerprint density at radius 2 is 1.48 bits per heavy atom. The van der Waals surface area contributed by atoms with E-state index in [1.54, 1.807) is 50.1 Å². The van der Waals surface area contributed by atoms with E-state index in [1.165, 1.54) is 12.1 Å². The van der Waals surface area contributed by atoms with Gasteiger partial charge in [0.1, 0.15) is 4.90 Å². The van der Waals surface area contributed by atoms with Crippen LogP contribution in [0.1, 0.15) is 0 Å². The SMILES string of the molecule is CN(C)c1nc(NS(=O)(=O)c2ccccc2Cl)nc(N(C)C)n1. The lowest BCUT2D eigenvalue weighted by Crippen LogP contribution is -2.22. The highest BCUT2D eigenvalue weighted by Gasteiger charge is 2.20. The highest BCUT2D eigenvalue weighted by Crippen LogP contribution is 2.23. The van der Waals surface area contributed by atoms with Crippen LogP contribution in [-0.2, 0) is 10.0 Å². The third-order valence-electron chi connectivity index (χ3n) is 2.76. The summed E-state index contributed by atoms with van der Waals surface area (Å²) in [5.74, 6) is 0.591. The van der Waals surface area contributed by atoms with Crippen LogP contribution in [0.4, 0.5) is 17.8 Å². The standard InChI is InChI=1S/C13H17ClN6O2S/c1-19(2)12-15-11(16-13(17-12)20(3)4)18-23(21,22)10-8-6-5-7-9(10)14/h5-8H,1-4H3,(H,15,16,17,18). The summed E-state index contributed by atoms with van der Waals surface area (Å²) in [7, 11) is 3.10. The largest absolute Gasteiger partial charge is 0.347 e. The average Bonchev–Trinajstić information content (AvgIpc) is 2.46. The molecule has 0 radical (unpaired) electrons. The number of anilines is 3. The highest BCUT2D eigenvalue weighted by atomic mass is 35.5. The molecule has 124 valence electrons. The van der Waals surface area contributed by atoms with Gasteiger partial charge in [-0.1, -0.05) is 23.7 Å². The summed E-state index contributed by atoms with van der Waals surface area (Å²) in [6.45, 7) is 0. The Morgan fingerprint density at radius 3 is 1.96 bits per heavy atom. The Balaban J connectivity index is 2.45. The fourth-order valence-electron chi connectivity index (χ4n) is 1.64. The van der Waals surface area contributed by atoms with Gasteiger partial charge in [0, 0.05) is 28.2 Å². The quantitative estimate of drug-likeness (QED) is 0.867. The maximum atomic E-state index is 12.5. The van der Waals surface area contributed by atoms with Crippen molar-refractivity contribution in [2.24, 2.45) is 0 Å².